The maximum atomic E-state index is 9.48. The van der Waals surface area contributed by atoms with E-state index in [9.17, 15) is 5.11 Å². The number of rotatable bonds is 5. The van der Waals surface area contributed by atoms with Crippen LogP contribution < -0.4 is 4.90 Å². The quantitative estimate of drug-likeness (QED) is 0.902. The van der Waals surface area contributed by atoms with Crippen LogP contribution in [0.4, 0.5) is 5.82 Å². The molecule has 0 saturated carbocycles. The predicted molar refractivity (Wildman–Crippen MR) is 95.0 cm³/mol. The van der Waals surface area contributed by atoms with Crippen LogP contribution in [0.2, 0.25) is 0 Å². The molecule has 0 spiro atoms. The van der Waals surface area contributed by atoms with E-state index in [2.05, 4.69) is 26.7 Å². The van der Waals surface area contributed by atoms with Gasteiger partial charge in [0.15, 0.2) is 5.82 Å². The van der Waals surface area contributed by atoms with Gasteiger partial charge in [-0.2, -0.15) is 0 Å². The molecule has 6 heteroatoms. The molecule has 128 valence electrons. The van der Waals surface area contributed by atoms with E-state index in [1.165, 1.54) is 0 Å². The van der Waals surface area contributed by atoms with Gasteiger partial charge in [0.25, 0.3) is 0 Å². The zero-order valence-corrected chi connectivity index (χ0v) is 14.4. The maximum Gasteiger partial charge on any atom is 0.163 e. The Bertz CT molecular complexity index is 652. The summed E-state index contributed by atoms with van der Waals surface area (Å²) < 4.78 is 0. The summed E-state index contributed by atoms with van der Waals surface area (Å²) >= 11 is 0. The number of aliphatic hydroxyl groups is 1. The molecule has 0 bridgehead atoms. The third kappa shape index (κ3) is 3.71. The summed E-state index contributed by atoms with van der Waals surface area (Å²) in [6, 6.07) is 6.19. The number of aryl methyl sites for hydroxylation is 1. The minimum atomic E-state index is 0.230. The van der Waals surface area contributed by atoms with Crippen LogP contribution in [0.15, 0.2) is 30.6 Å². The number of pyridine rings is 1. The third-order valence-electron chi connectivity index (χ3n) is 4.60. The molecule has 6 nitrogen and oxygen atoms in total. The lowest BCUT2D eigenvalue weighted by Crippen LogP contribution is -2.51. The van der Waals surface area contributed by atoms with E-state index < -0.39 is 0 Å². The van der Waals surface area contributed by atoms with Gasteiger partial charge in [-0.25, -0.2) is 9.97 Å². The second-order valence-corrected chi connectivity index (χ2v) is 6.20. The number of aliphatic hydroxyl groups excluding tert-OH is 1. The standard InChI is InChI=1S/C18H25N5O/c1-3-16(13-24)22-7-9-23(10-8-22)17-11-14(2)20-18(21-17)15-5-4-6-19-12-15/h4-6,11-12,16,24H,3,7-10,13H2,1-2H3. The first kappa shape index (κ1) is 16.8. The number of aromatic nitrogens is 3. The predicted octanol–water partition coefficient (Wildman–Crippen LogP) is 1.74. The van der Waals surface area contributed by atoms with Gasteiger partial charge in [-0.05, 0) is 25.5 Å². The largest absolute Gasteiger partial charge is 0.395 e. The number of hydrogen-bond acceptors (Lipinski definition) is 6. The lowest BCUT2D eigenvalue weighted by Gasteiger charge is -2.39. The number of hydrogen-bond donors (Lipinski definition) is 1. The van der Waals surface area contributed by atoms with Gasteiger partial charge in [0.1, 0.15) is 5.82 Å². The Kier molecular flexibility index (Phi) is 5.37. The van der Waals surface area contributed by atoms with E-state index in [0.717, 1.165) is 55.5 Å². The second-order valence-electron chi connectivity index (χ2n) is 6.20. The van der Waals surface area contributed by atoms with E-state index in [4.69, 9.17) is 4.98 Å². The highest BCUT2D eigenvalue weighted by Gasteiger charge is 2.23. The highest BCUT2D eigenvalue weighted by Crippen LogP contribution is 2.21. The molecule has 1 unspecified atom stereocenters. The van der Waals surface area contributed by atoms with Crippen molar-refractivity contribution in [3.8, 4) is 11.4 Å². The summed E-state index contributed by atoms with van der Waals surface area (Å²) in [6.07, 6.45) is 4.53. The molecule has 24 heavy (non-hydrogen) atoms. The SMILES string of the molecule is CCC(CO)N1CCN(c2cc(C)nc(-c3cccnc3)n2)CC1. The normalized spacial score (nSPS) is 17.0. The molecule has 1 atom stereocenters. The molecule has 3 heterocycles. The monoisotopic (exact) mass is 327 g/mol. The maximum absolute atomic E-state index is 9.48. The zero-order valence-electron chi connectivity index (χ0n) is 14.4. The van der Waals surface area contributed by atoms with Gasteiger partial charge in [-0.15, -0.1) is 0 Å². The molecule has 0 radical (unpaired) electrons. The van der Waals surface area contributed by atoms with E-state index in [0.29, 0.717) is 0 Å². The Labute approximate surface area is 143 Å². The molecule has 0 aliphatic carbocycles. The van der Waals surface area contributed by atoms with Gasteiger partial charge in [-0.3, -0.25) is 9.88 Å². The molecule has 2 aromatic rings. The van der Waals surface area contributed by atoms with Crippen LogP contribution in [-0.2, 0) is 0 Å². The molecular formula is C18H25N5O. The van der Waals surface area contributed by atoms with Gasteiger partial charge in [0, 0.05) is 61.9 Å². The molecule has 1 aliphatic rings. The van der Waals surface area contributed by atoms with Crippen molar-refractivity contribution in [2.45, 2.75) is 26.3 Å². The van der Waals surface area contributed by atoms with Crippen LogP contribution in [0.3, 0.4) is 0 Å². The summed E-state index contributed by atoms with van der Waals surface area (Å²) in [5, 5.41) is 9.48. The van der Waals surface area contributed by atoms with Gasteiger partial charge in [0.05, 0.1) is 6.61 Å². The Morgan fingerprint density at radius 1 is 1.21 bits per heavy atom. The van der Waals surface area contributed by atoms with Crippen LogP contribution in [0, 0.1) is 6.92 Å². The molecular weight excluding hydrogens is 302 g/mol. The lowest BCUT2D eigenvalue weighted by molar-refractivity contribution is 0.114. The molecule has 1 saturated heterocycles. The first-order chi connectivity index (χ1) is 11.7. The van der Waals surface area contributed by atoms with Crippen molar-refractivity contribution in [2.75, 3.05) is 37.7 Å². The molecule has 2 aromatic heterocycles. The minimum absolute atomic E-state index is 0.230. The van der Waals surface area contributed by atoms with Crippen molar-refractivity contribution in [1.82, 2.24) is 19.9 Å². The van der Waals surface area contributed by atoms with E-state index in [-0.39, 0.29) is 12.6 Å². The smallest absolute Gasteiger partial charge is 0.163 e. The van der Waals surface area contributed by atoms with Gasteiger partial charge < -0.3 is 10.0 Å². The number of nitrogens with zero attached hydrogens (tertiary/aromatic N) is 5. The fourth-order valence-corrected chi connectivity index (χ4v) is 3.16. The van der Waals surface area contributed by atoms with Crippen molar-refractivity contribution in [3.05, 3.63) is 36.3 Å². The highest BCUT2D eigenvalue weighted by molar-refractivity contribution is 5.56. The van der Waals surface area contributed by atoms with Crippen molar-refractivity contribution in [3.63, 3.8) is 0 Å². The Hall–Kier alpha value is -2.05. The molecule has 1 aliphatic heterocycles. The average Bonchev–Trinajstić information content (AvgIpc) is 2.63. The lowest BCUT2D eigenvalue weighted by atomic mass is 10.1. The molecule has 1 N–H and O–H groups in total. The number of anilines is 1. The highest BCUT2D eigenvalue weighted by atomic mass is 16.3. The molecule has 3 rings (SSSR count). The van der Waals surface area contributed by atoms with Crippen molar-refractivity contribution in [1.29, 1.82) is 0 Å². The fraction of sp³-hybridized carbons (Fsp3) is 0.500. The Morgan fingerprint density at radius 2 is 2.00 bits per heavy atom. The van der Waals surface area contributed by atoms with Gasteiger partial charge >= 0.3 is 0 Å². The summed E-state index contributed by atoms with van der Waals surface area (Å²) in [7, 11) is 0. The van der Waals surface area contributed by atoms with Crippen molar-refractivity contribution < 1.29 is 5.11 Å². The first-order valence-corrected chi connectivity index (χ1v) is 8.57. The summed E-state index contributed by atoms with van der Waals surface area (Å²) in [4.78, 5) is 18.1. The van der Waals surface area contributed by atoms with E-state index >= 15 is 0 Å². The Balaban J connectivity index is 1.75. The first-order valence-electron chi connectivity index (χ1n) is 8.57. The molecule has 0 amide bonds. The van der Waals surface area contributed by atoms with E-state index in [1.807, 2.05) is 25.1 Å². The third-order valence-corrected chi connectivity index (χ3v) is 4.60. The van der Waals surface area contributed by atoms with Crippen LogP contribution >= 0.6 is 0 Å². The summed E-state index contributed by atoms with van der Waals surface area (Å²) in [5.41, 5.74) is 1.90. The zero-order chi connectivity index (χ0) is 16.9. The summed E-state index contributed by atoms with van der Waals surface area (Å²) in [5.74, 6) is 1.69. The number of piperazine rings is 1. The van der Waals surface area contributed by atoms with Gasteiger partial charge in [0.2, 0.25) is 0 Å². The van der Waals surface area contributed by atoms with Crippen molar-refractivity contribution in [2.24, 2.45) is 0 Å². The van der Waals surface area contributed by atoms with Crippen LogP contribution in [0.1, 0.15) is 19.0 Å². The van der Waals surface area contributed by atoms with E-state index in [1.54, 1.807) is 12.4 Å². The minimum Gasteiger partial charge on any atom is -0.395 e. The topological polar surface area (TPSA) is 65.4 Å². The average molecular weight is 327 g/mol. The molecule has 0 aromatic carbocycles. The fourth-order valence-electron chi connectivity index (χ4n) is 3.16. The Morgan fingerprint density at radius 3 is 2.62 bits per heavy atom. The van der Waals surface area contributed by atoms with Crippen LogP contribution in [-0.4, -0.2) is 63.8 Å². The van der Waals surface area contributed by atoms with Gasteiger partial charge in [-0.1, -0.05) is 6.92 Å². The van der Waals surface area contributed by atoms with Crippen LogP contribution in [0.25, 0.3) is 11.4 Å². The second kappa shape index (κ2) is 7.68. The van der Waals surface area contributed by atoms with Crippen LogP contribution in [0.5, 0.6) is 0 Å². The molecule has 1 fully saturated rings. The van der Waals surface area contributed by atoms with Crippen molar-refractivity contribution >= 4 is 5.82 Å². The summed E-state index contributed by atoms with van der Waals surface area (Å²) in [6.45, 7) is 8.09.